The zero-order valence-electron chi connectivity index (χ0n) is 11.5. The minimum absolute atomic E-state index is 0.0598. The summed E-state index contributed by atoms with van der Waals surface area (Å²) in [5.74, 6) is -0.525. The molecule has 22 heavy (non-hydrogen) atoms. The average Bonchev–Trinajstić information content (AvgIpc) is 2.39. The Labute approximate surface area is 133 Å². The maximum Gasteiger partial charge on any atom is 0.416 e. The van der Waals surface area contributed by atoms with Crippen molar-refractivity contribution >= 4 is 27.7 Å². The second kappa shape index (κ2) is 6.48. The highest BCUT2D eigenvalue weighted by molar-refractivity contribution is 9.10. The Hall–Kier alpha value is -1.89. The topological polar surface area (TPSA) is 42.0 Å². The molecule has 2 aromatic rings. The van der Waals surface area contributed by atoms with Crippen molar-refractivity contribution in [3.8, 4) is 0 Å². The van der Waals surface area contributed by atoms with Crippen molar-refractivity contribution in [3.05, 3.63) is 57.7 Å². The zero-order valence-corrected chi connectivity index (χ0v) is 13.1. The van der Waals surface area contributed by atoms with E-state index in [1.165, 1.54) is 6.92 Å². The molecule has 0 saturated carbocycles. The molecule has 1 N–H and O–H groups in total. The molecule has 0 aliphatic carbocycles. The molecule has 0 radical (unpaired) electrons. The number of nitrogens with zero attached hydrogens (tertiary/aromatic N) is 1. The molecule has 1 aromatic carbocycles. The first-order valence-electron chi connectivity index (χ1n) is 6.34. The minimum atomic E-state index is -4.47. The summed E-state index contributed by atoms with van der Waals surface area (Å²) in [5, 5.41) is 2.40. The average molecular weight is 373 g/mol. The van der Waals surface area contributed by atoms with Crippen molar-refractivity contribution in [1.29, 1.82) is 0 Å². The van der Waals surface area contributed by atoms with E-state index in [1.807, 2.05) is 0 Å². The number of halogens is 4. The van der Waals surface area contributed by atoms with E-state index in [1.54, 1.807) is 24.3 Å². The Morgan fingerprint density at radius 2 is 1.86 bits per heavy atom. The summed E-state index contributed by atoms with van der Waals surface area (Å²) >= 11 is 3.28. The molecule has 0 saturated heterocycles. The fourth-order valence-corrected chi connectivity index (χ4v) is 2.14. The molecular weight excluding hydrogens is 361 g/mol. The number of aromatic nitrogens is 1. The van der Waals surface area contributed by atoms with Crippen LogP contribution in [-0.4, -0.2) is 10.9 Å². The van der Waals surface area contributed by atoms with Gasteiger partial charge in [0.05, 0.1) is 12.0 Å². The lowest BCUT2D eigenvalue weighted by molar-refractivity contribution is -0.137. The Morgan fingerprint density at radius 3 is 2.45 bits per heavy atom. The highest BCUT2D eigenvalue weighted by Crippen LogP contribution is 2.30. The van der Waals surface area contributed by atoms with Gasteiger partial charge in [0.2, 0.25) is 5.91 Å². The minimum Gasteiger partial charge on any atom is -0.310 e. The normalized spacial score (nSPS) is 11.3. The summed E-state index contributed by atoms with van der Waals surface area (Å²) in [6.07, 6.45) is -4.41. The standard InChI is InChI=1S/C15H12BrF3N2O/c1-9-6-11(15(17,18)19)8-13(20-9)21-14(22)7-10-2-4-12(16)5-3-10/h2-6,8H,7H2,1H3,(H,20,21,22). The van der Waals surface area contributed by atoms with Gasteiger partial charge in [-0.25, -0.2) is 4.98 Å². The van der Waals surface area contributed by atoms with Gasteiger partial charge in [0.15, 0.2) is 0 Å². The SMILES string of the molecule is Cc1cc(C(F)(F)F)cc(NC(=O)Cc2ccc(Br)cc2)n1. The number of anilines is 1. The number of carbonyl (C=O) groups excluding carboxylic acids is 1. The van der Waals surface area contributed by atoms with Crippen molar-refractivity contribution < 1.29 is 18.0 Å². The van der Waals surface area contributed by atoms with Crippen molar-refractivity contribution in [3.63, 3.8) is 0 Å². The van der Waals surface area contributed by atoms with E-state index in [-0.39, 0.29) is 17.9 Å². The number of pyridine rings is 1. The summed E-state index contributed by atoms with van der Waals surface area (Å²) in [6.45, 7) is 1.44. The van der Waals surface area contributed by atoms with E-state index in [0.29, 0.717) is 0 Å². The first-order chi connectivity index (χ1) is 10.2. The van der Waals surface area contributed by atoms with Crippen LogP contribution in [0.3, 0.4) is 0 Å². The zero-order chi connectivity index (χ0) is 16.3. The molecule has 0 unspecified atom stereocenters. The molecule has 0 aliphatic heterocycles. The molecule has 0 fully saturated rings. The molecule has 1 heterocycles. The van der Waals surface area contributed by atoms with Crippen LogP contribution in [0.2, 0.25) is 0 Å². The smallest absolute Gasteiger partial charge is 0.310 e. The van der Waals surface area contributed by atoms with Crippen LogP contribution in [0, 0.1) is 6.92 Å². The van der Waals surface area contributed by atoms with Crippen LogP contribution in [0.1, 0.15) is 16.8 Å². The highest BCUT2D eigenvalue weighted by atomic mass is 79.9. The van der Waals surface area contributed by atoms with Crippen LogP contribution in [0.5, 0.6) is 0 Å². The van der Waals surface area contributed by atoms with Crippen LogP contribution in [-0.2, 0) is 17.4 Å². The molecule has 0 aliphatic rings. The van der Waals surface area contributed by atoms with Gasteiger partial charge < -0.3 is 5.32 Å². The van der Waals surface area contributed by atoms with Gasteiger partial charge in [0.1, 0.15) is 5.82 Å². The van der Waals surface area contributed by atoms with Crippen molar-refractivity contribution in [2.24, 2.45) is 0 Å². The molecule has 2 rings (SSSR count). The highest BCUT2D eigenvalue weighted by Gasteiger charge is 2.31. The summed E-state index contributed by atoms with van der Waals surface area (Å²) < 4.78 is 39.1. The lowest BCUT2D eigenvalue weighted by atomic mass is 10.1. The quantitative estimate of drug-likeness (QED) is 0.869. The van der Waals surface area contributed by atoms with Gasteiger partial charge in [0, 0.05) is 10.2 Å². The number of amides is 1. The van der Waals surface area contributed by atoms with Gasteiger partial charge in [-0.1, -0.05) is 28.1 Å². The second-order valence-electron chi connectivity index (χ2n) is 4.73. The predicted octanol–water partition coefficient (Wildman–Crippen LogP) is 4.35. The van der Waals surface area contributed by atoms with Gasteiger partial charge in [-0.2, -0.15) is 13.2 Å². The third-order valence-electron chi connectivity index (χ3n) is 2.83. The van der Waals surface area contributed by atoms with E-state index in [0.717, 1.165) is 22.2 Å². The largest absolute Gasteiger partial charge is 0.416 e. The molecule has 116 valence electrons. The van der Waals surface area contributed by atoms with Gasteiger partial charge >= 0.3 is 6.18 Å². The number of benzene rings is 1. The lowest BCUT2D eigenvalue weighted by Crippen LogP contribution is -2.16. The molecule has 1 aromatic heterocycles. The van der Waals surface area contributed by atoms with E-state index in [2.05, 4.69) is 26.2 Å². The summed E-state index contributed by atoms with van der Waals surface area (Å²) in [4.78, 5) is 15.8. The lowest BCUT2D eigenvalue weighted by Gasteiger charge is -2.11. The Morgan fingerprint density at radius 1 is 1.23 bits per heavy atom. The van der Waals surface area contributed by atoms with Crippen LogP contribution in [0.25, 0.3) is 0 Å². The summed E-state index contributed by atoms with van der Waals surface area (Å²) in [5.41, 5.74) is 0.108. The van der Waals surface area contributed by atoms with E-state index in [9.17, 15) is 18.0 Å². The number of nitrogens with one attached hydrogen (secondary N) is 1. The van der Waals surface area contributed by atoms with Gasteiger partial charge in [-0.15, -0.1) is 0 Å². The van der Waals surface area contributed by atoms with Crippen LogP contribution in [0.4, 0.5) is 19.0 Å². The Balaban J connectivity index is 2.11. The number of rotatable bonds is 3. The second-order valence-corrected chi connectivity index (χ2v) is 5.65. The van der Waals surface area contributed by atoms with Gasteiger partial charge in [0.25, 0.3) is 0 Å². The summed E-state index contributed by atoms with van der Waals surface area (Å²) in [6, 6.07) is 8.85. The van der Waals surface area contributed by atoms with E-state index >= 15 is 0 Å². The maximum atomic E-state index is 12.7. The molecule has 0 bridgehead atoms. The molecule has 0 atom stereocenters. The fourth-order valence-electron chi connectivity index (χ4n) is 1.87. The maximum absolute atomic E-state index is 12.7. The van der Waals surface area contributed by atoms with Crippen LogP contribution >= 0.6 is 15.9 Å². The Bertz CT molecular complexity index is 684. The first kappa shape index (κ1) is 16.5. The molecule has 1 amide bonds. The van der Waals surface area contributed by atoms with Gasteiger partial charge in [-0.3, -0.25) is 4.79 Å². The molecule has 3 nitrogen and oxygen atoms in total. The van der Waals surface area contributed by atoms with Gasteiger partial charge in [-0.05, 0) is 36.8 Å². The van der Waals surface area contributed by atoms with Crippen LogP contribution < -0.4 is 5.32 Å². The number of hydrogen-bond acceptors (Lipinski definition) is 2. The number of carbonyl (C=O) groups is 1. The monoisotopic (exact) mass is 372 g/mol. The molecule has 0 spiro atoms. The van der Waals surface area contributed by atoms with Crippen LogP contribution in [0.15, 0.2) is 40.9 Å². The number of hydrogen-bond donors (Lipinski definition) is 1. The van der Waals surface area contributed by atoms with Crippen molar-refractivity contribution in [2.75, 3.05) is 5.32 Å². The van der Waals surface area contributed by atoms with E-state index in [4.69, 9.17) is 0 Å². The van der Waals surface area contributed by atoms with E-state index < -0.39 is 17.6 Å². The first-order valence-corrected chi connectivity index (χ1v) is 7.13. The van der Waals surface area contributed by atoms with Crippen molar-refractivity contribution in [1.82, 2.24) is 4.98 Å². The predicted molar refractivity (Wildman–Crippen MR) is 80.5 cm³/mol. The molecule has 7 heteroatoms. The fraction of sp³-hybridized carbons (Fsp3) is 0.200. The van der Waals surface area contributed by atoms with Crippen molar-refractivity contribution in [2.45, 2.75) is 19.5 Å². The Kier molecular flexibility index (Phi) is 4.85. The number of alkyl halides is 3. The third-order valence-corrected chi connectivity index (χ3v) is 3.35. The molecular formula is C15H12BrF3N2O. The summed E-state index contributed by atoms with van der Waals surface area (Å²) in [7, 11) is 0. The third kappa shape index (κ3) is 4.56. The number of aryl methyl sites for hydroxylation is 1.